The number of amides is 1. The van der Waals surface area contributed by atoms with Crippen LogP contribution in [0.25, 0.3) is 0 Å². The number of hydrogen-bond donors (Lipinski definition) is 1. The highest BCUT2D eigenvalue weighted by Crippen LogP contribution is 2.25. The lowest BCUT2D eigenvalue weighted by Crippen LogP contribution is -2.44. The number of pyridine rings is 1. The highest BCUT2D eigenvalue weighted by Gasteiger charge is 2.28. The summed E-state index contributed by atoms with van der Waals surface area (Å²) in [6.45, 7) is 2.71. The van der Waals surface area contributed by atoms with E-state index in [1.54, 1.807) is 6.07 Å². The molecule has 0 spiro atoms. The minimum Gasteiger partial charge on any atom is -0.477 e. The molecule has 130 valence electrons. The van der Waals surface area contributed by atoms with Gasteiger partial charge in [0.25, 0.3) is 5.91 Å². The molecule has 5 nitrogen and oxygen atoms in total. The second kappa shape index (κ2) is 7.47. The second-order valence-corrected chi connectivity index (χ2v) is 6.40. The Labute approximate surface area is 147 Å². The van der Waals surface area contributed by atoms with Crippen LogP contribution in [0.15, 0.2) is 42.6 Å². The summed E-state index contributed by atoms with van der Waals surface area (Å²) in [5.41, 5.74) is 2.95. The van der Waals surface area contributed by atoms with Crippen molar-refractivity contribution in [3.8, 4) is 0 Å². The molecule has 1 unspecified atom stereocenters. The third kappa shape index (κ3) is 3.71. The number of nitrogens with zero attached hydrogens (tertiary/aromatic N) is 2. The molecule has 1 N–H and O–H groups in total. The zero-order chi connectivity index (χ0) is 17.8. The van der Waals surface area contributed by atoms with Gasteiger partial charge in [-0.2, -0.15) is 0 Å². The van der Waals surface area contributed by atoms with Gasteiger partial charge in [-0.05, 0) is 48.9 Å². The maximum Gasteiger partial charge on any atom is 0.354 e. The first-order chi connectivity index (χ1) is 12.1. The van der Waals surface area contributed by atoms with E-state index in [1.807, 2.05) is 17.9 Å². The molecule has 1 heterocycles. The number of carbonyl (C=O) groups excluding carboxylic acids is 1. The van der Waals surface area contributed by atoms with E-state index in [-0.39, 0.29) is 17.6 Å². The molecular weight excluding hydrogens is 316 g/mol. The van der Waals surface area contributed by atoms with Crippen molar-refractivity contribution in [1.29, 1.82) is 0 Å². The second-order valence-electron chi connectivity index (χ2n) is 6.40. The molecule has 2 aromatic rings. The molecule has 1 amide bonds. The molecule has 1 aromatic heterocycles. The number of rotatable bonds is 5. The van der Waals surface area contributed by atoms with E-state index < -0.39 is 5.97 Å². The molecule has 1 aromatic carbocycles. The summed E-state index contributed by atoms with van der Waals surface area (Å²) >= 11 is 0. The van der Waals surface area contributed by atoms with E-state index >= 15 is 0 Å². The maximum absolute atomic E-state index is 13.0. The number of fused-ring (bicyclic) bond motifs is 1. The maximum atomic E-state index is 13.0. The molecule has 0 fully saturated rings. The van der Waals surface area contributed by atoms with Crippen molar-refractivity contribution in [2.45, 2.75) is 38.6 Å². The third-order valence-electron chi connectivity index (χ3n) is 4.71. The molecule has 0 saturated heterocycles. The first-order valence-electron chi connectivity index (χ1n) is 8.67. The van der Waals surface area contributed by atoms with Crippen LogP contribution >= 0.6 is 0 Å². The lowest BCUT2D eigenvalue weighted by atomic mass is 9.87. The fraction of sp³-hybridized carbons (Fsp3) is 0.350. The summed E-state index contributed by atoms with van der Waals surface area (Å²) in [7, 11) is 0. The first-order valence-corrected chi connectivity index (χ1v) is 8.67. The van der Waals surface area contributed by atoms with Crippen molar-refractivity contribution in [2.24, 2.45) is 0 Å². The number of carboxylic acid groups (broad SMARTS) is 1. The normalized spacial score (nSPS) is 16.1. The highest BCUT2D eigenvalue weighted by atomic mass is 16.4. The van der Waals surface area contributed by atoms with E-state index in [4.69, 9.17) is 5.11 Å². The van der Waals surface area contributed by atoms with Gasteiger partial charge in [-0.1, -0.05) is 31.2 Å². The Morgan fingerprint density at radius 3 is 2.72 bits per heavy atom. The predicted octanol–water partition coefficient (Wildman–Crippen LogP) is 3.19. The summed E-state index contributed by atoms with van der Waals surface area (Å²) in [5.74, 6) is -1.24. The van der Waals surface area contributed by atoms with Crippen LogP contribution in [0.5, 0.6) is 0 Å². The topological polar surface area (TPSA) is 70.5 Å². The molecule has 1 aliphatic carbocycles. The van der Waals surface area contributed by atoms with Crippen LogP contribution in [0.2, 0.25) is 0 Å². The Bertz CT molecular complexity index is 788. The van der Waals surface area contributed by atoms with Gasteiger partial charge in [-0.25, -0.2) is 9.78 Å². The smallest absolute Gasteiger partial charge is 0.354 e. The van der Waals surface area contributed by atoms with Crippen LogP contribution in [0.4, 0.5) is 0 Å². The van der Waals surface area contributed by atoms with Crippen LogP contribution in [-0.4, -0.2) is 39.5 Å². The number of carboxylic acids is 1. The molecule has 0 bridgehead atoms. The van der Waals surface area contributed by atoms with Gasteiger partial charge in [0.15, 0.2) is 0 Å². The molecule has 0 radical (unpaired) electrons. The summed E-state index contributed by atoms with van der Waals surface area (Å²) in [5, 5.41) is 9.10. The van der Waals surface area contributed by atoms with E-state index in [0.717, 1.165) is 25.7 Å². The zero-order valence-corrected chi connectivity index (χ0v) is 14.3. The number of aromatic nitrogens is 1. The average molecular weight is 338 g/mol. The Morgan fingerprint density at radius 1 is 1.24 bits per heavy atom. The van der Waals surface area contributed by atoms with Crippen LogP contribution in [0.1, 0.15) is 51.7 Å². The molecule has 0 aliphatic heterocycles. The van der Waals surface area contributed by atoms with Crippen molar-refractivity contribution in [3.63, 3.8) is 0 Å². The largest absolute Gasteiger partial charge is 0.477 e. The Balaban J connectivity index is 1.85. The number of aromatic carboxylic acids is 1. The quantitative estimate of drug-likeness (QED) is 0.909. The van der Waals surface area contributed by atoms with Gasteiger partial charge in [0.05, 0.1) is 0 Å². The molecule has 1 aliphatic rings. The number of carbonyl (C=O) groups is 2. The fourth-order valence-corrected chi connectivity index (χ4v) is 3.48. The predicted molar refractivity (Wildman–Crippen MR) is 94.8 cm³/mol. The SMILES string of the molecule is CCCN(C(=O)c1ccnc(C(=O)O)c1)C1CCc2ccccc2C1. The highest BCUT2D eigenvalue weighted by molar-refractivity contribution is 5.96. The standard InChI is InChI=1S/C20H22N2O3/c1-2-11-22(17-8-7-14-5-3-4-6-15(14)12-17)19(23)16-9-10-21-18(13-16)20(24)25/h3-6,9-10,13,17H,2,7-8,11-12H2,1H3,(H,24,25). The van der Waals surface area contributed by atoms with Crippen molar-refractivity contribution in [1.82, 2.24) is 9.88 Å². The molecule has 5 heteroatoms. The van der Waals surface area contributed by atoms with Crippen LogP contribution in [0, 0.1) is 0 Å². The molecule has 25 heavy (non-hydrogen) atoms. The molecule has 0 saturated carbocycles. The van der Waals surface area contributed by atoms with Gasteiger partial charge >= 0.3 is 5.97 Å². The van der Waals surface area contributed by atoms with Crippen molar-refractivity contribution in [2.75, 3.05) is 6.54 Å². The number of aryl methyl sites for hydroxylation is 1. The minimum absolute atomic E-state index is 0.101. The van der Waals surface area contributed by atoms with Gasteiger partial charge in [0.1, 0.15) is 5.69 Å². The minimum atomic E-state index is -1.12. The van der Waals surface area contributed by atoms with Crippen molar-refractivity contribution in [3.05, 3.63) is 65.0 Å². The average Bonchev–Trinajstić information content (AvgIpc) is 2.65. The molecular formula is C20H22N2O3. The van der Waals surface area contributed by atoms with Gasteiger partial charge in [0.2, 0.25) is 0 Å². The zero-order valence-electron chi connectivity index (χ0n) is 14.3. The van der Waals surface area contributed by atoms with Crippen LogP contribution < -0.4 is 0 Å². The summed E-state index contributed by atoms with van der Waals surface area (Å²) < 4.78 is 0. The van der Waals surface area contributed by atoms with Gasteiger partial charge < -0.3 is 10.0 Å². The van der Waals surface area contributed by atoms with E-state index in [9.17, 15) is 9.59 Å². The van der Waals surface area contributed by atoms with Crippen molar-refractivity contribution >= 4 is 11.9 Å². The lowest BCUT2D eigenvalue weighted by Gasteiger charge is -2.35. The van der Waals surface area contributed by atoms with Crippen LogP contribution in [-0.2, 0) is 12.8 Å². The molecule has 1 atom stereocenters. The van der Waals surface area contributed by atoms with Gasteiger partial charge in [-0.3, -0.25) is 4.79 Å². The van der Waals surface area contributed by atoms with E-state index in [1.165, 1.54) is 23.4 Å². The summed E-state index contributed by atoms with van der Waals surface area (Å²) in [4.78, 5) is 29.8. The monoisotopic (exact) mass is 338 g/mol. The summed E-state index contributed by atoms with van der Waals surface area (Å²) in [6.07, 6.45) is 4.99. The number of benzene rings is 1. The van der Waals surface area contributed by atoms with E-state index in [2.05, 4.69) is 23.2 Å². The molecule has 3 rings (SSSR count). The Morgan fingerprint density at radius 2 is 2.00 bits per heavy atom. The van der Waals surface area contributed by atoms with Crippen molar-refractivity contribution < 1.29 is 14.7 Å². The van der Waals surface area contributed by atoms with Crippen LogP contribution in [0.3, 0.4) is 0 Å². The number of hydrogen-bond acceptors (Lipinski definition) is 3. The van der Waals surface area contributed by atoms with Gasteiger partial charge in [0, 0.05) is 24.3 Å². The summed E-state index contributed by atoms with van der Waals surface area (Å²) in [6, 6.07) is 11.5. The lowest BCUT2D eigenvalue weighted by molar-refractivity contribution is 0.0661. The Kier molecular flexibility index (Phi) is 5.12. The third-order valence-corrected chi connectivity index (χ3v) is 4.71. The van der Waals surface area contributed by atoms with E-state index in [0.29, 0.717) is 12.1 Å². The Hall–Kier alpha value is -2.69. The fourth-order valence-electron chi connectivity index (χ4n) is 3.48. The van der Waals surface area contributed by atoms with Gasteiger partial charge in [-0.15, -0.1) is 0 Å². The first kappa shape index (κ1) is 17.1.